The summed E-state index contributed by atoms with van der Waals surface area (Å²) in [5.41, 5.74) is 7.75. The molecule has 0 aromatic heterocycles. The highest BCUT2D eigenvalue weighted by Gasteiger charge is 2.22. The van der Waals surface area contributed by atoms with E-state index >= 15 is 0 Å². The Labute approximate surface area is 168 Å². The molecule has 0 saturated carbocycles. The van der Waals surface area contributed by atoms with Crippen LogP contribution in [0.25, 0.3) is 5.70 Å². The maximum atomic E-state index is 2.45. The van der Waals surface area contributed by atoms with E-state index in [2.05, 4.69) is 109 Å². The zero-order chi connectivity index (χ0) is 19.3. The van der Waals surface area contributed by atoms with E-state index in [9.17, 15) is 0 Å². The maximum Gasteiger partial charge on any atom is 0.0497 e. The summed E-state index contributed by atoms with van der Waals surface area (Å²) in [6, 6.07) is 28.5. The van der Waals surface area contributed by atoms with Crippen molar-refractivity contribution in [1.29, 1.82) is 0 Å². The molecule has 0 aliphatic carbocycles. The van der Waals surface area contributed by atoms with Gasteiger partial charge in [-0.15, -0.1) is 0 Å². The Morgan fingerprint density at radius 3 is 2.18 bits per heavy atom. The minimum atomic E-state index is 0.968. The van der Waals surface area contributed by atoms with E-state index in [0.717, 1.165) is 26.1 Å². The second kappa shape index (κ2) is 8.45. The van der Waals surface area contributed by atoms with Crippen molar-refractivity contribution in [2.75, 3.05) is 18.0 Å². The minimum absolute atomic E-state index is 0.968. The Balaban J connectivity index is 1.69. The molecule has 142 valence electrons. The topological polar surface area (TPSA) is 6.48 Å². The Morgan fingerprint density at radius 2 is 1.46 bits per heavy atom. The van der Waals surface area contributed by atoms with Crippen LogP contribution >= 0.6 is 0 Å². The van der Waals surface area contributed by atoms with Gasteiger partial charge in [0.2, 0.25) is 0 Å². The lowest BCUT2D eigenvalue weighted by atomic mass is 9.97. The van der Waals surface area contributed by atoms with E-state index in [1.165, 1.54) is 33.8 Å². The quantitative estimate of drug-likeness (QED) is 0.506. The predicted octanol–water partition coefficient (Wildman–Crippen LogP) is 6.26. The average molecular weight is 369 g/mol. The van der Waals surface area contributed by atoms with Gasteiger partial charge in [-0.2, -0.15) is 0 Å². The molecule has 28 heavy (non-hydrogen) atoms. The van der Waals surface area contributed by atoms with Crippen LogP contribution < -0.4 is 4.90 Å². The van der Waals surface area contributed by atoms with Crippen molar-refractivity contribution in [3.63, 3.8) is 0 Å². The van der Waals surface area contributed by atoms with Crippen molar-refractivity contribution < 1.29 is 0 Å². The number of fused-ring (bicyclic) bond motifs is 1. The van der Waals surface area contributed by atoms with Crippen LogP contribution in [0.1, 0.15) is 30.5 Å². The van der Waals surface area contributed by atoms with Gasteiger partial charge >= 0.3 is 0 Å². The fourth-order valence-corrected chi connectivity index (χ4v) is 3.92. The number of nitrogens with zero attached hydrogens (tertiary/aromatic N) is 2. The number of allylic oxidation sites excluding steroid dienone is 1. The van der Waals surface area contributed by atoms with E-state index in [-0.39, 0.29) is 0 Å². The summed E-state index contributed by atoms with van der Waals surface area (Å²) in [6.45, 7) is 7.63. The molecule has 3 aromatic rings. The van der Waals surface area contributed by atoms with Crippen LogP contribution in [-0.4, -0.2) is 18.0 Å². The third kappa shape index (κ3) is 3.74. The molecule has 0 unspecified atom stereocenters. The summed E-state index contributed by atoms with van der Waals surface area (Å²) < 4.78 is 0. The molecular formula is C26H28N2. The summed E-state index contributed by atoms with van der Waals surface area (Å²) in [4.78, 5) is 4.83. The van der Waals surface area contributed by atoms with Crippen LogP contribution in [0, 0.1) is 0 Å². The van der Waals surface area contributed by atoms with Crippen LogP contribution in [0.3, 0.4) is 0 Å². The van der Waals surface area contributed by atoms with Gasteiger partial charge in [0.1, 0.15) is 0 Å². The highest BCUT2D eigenvalue weighted by atomic mass is 15.2. The van der Waals surface area contributed by atoms with Gasteiger partial charge in [-0.1, -0.05) is 80.6 Å². The molecule has 0 fully saturated rings. The molecule has 0 radical (unpaired) electrons. The molecule has 4 rings (SSSR count). The minimum Gasteiger partial charge on any atom is -0.310 e. The highest BCUT2D eigenvalue weighted by molar-refractivity contribution is 5.91. The Bertz CT molecular complexity index is 938. The second-order valence-electron chi connectivity index (χ2n) is 7.25. The average Bonchev–Trinajstić information content (AvgIpc) is 2.77. The molecule has 1 aliphatic heterocycles. The Kier molecular flexibility index (Phi) is 5.59. The van der Waals surface area contributed by atoms with Crippen LogP contribution in [0.2, 0.25) is 0 Å². The molecule has 0 amide bonds. The van der Waals surface area contributed by atoms with Crippen LogP contribution in [0.4, 0.5) is 11.4 Å². The van der Waals surface area contributed by atoms with Crippen LogP contribution in [0.5, 0.6) is 0 Å². The molecule has 2 heteroatoms. The lowest BCUT2D eigenvalue weighted by molar-refractivity contribution is 0.296. The SMILES string of the molecule is CCN(CC)Cc1ccc(C2=CCc3ccccc3N2c2ccccc2)cc1. The van der Waals surface area contributed by atoms with Gasteiger partial charge in [0.15, 0.2) is 0 Å². The molecule has 0 atom stereocenters. The summed E-state index contributed by atoms with van der Waals surface area (Å²) in [5.74, 6) is 0. The lowest BCUT2D eigenvalue weighted by Gasteiger charge is -2.33. The van der Waals surface area contributed by atoms with Gasteiger partial charge in [-0.05, 0) is 54.4 Å². The van der Waals surface area contributed by atoms with Gasteiger partial charge in [0.05, 0.1) is 0 Å². The van der Waals surface area contributed by atoms with Crippen molar-refractivity contribution in [2.24, 2.45) is 0 Å². The molecular weight excluding hydrogens is 340 g/mol. The van der Waals surface area contributed by atoms with Crippen molar-refractivity contribution in [1.82, 2.24) is 4.90 Å². The molecule has 0 bridgehead atoms. The van der Waals surface area contributed by atoms with E-state index in [1.54, 1.807) is 0 Å². The number of benzene rings is 3. The maximum absolute atomic E-state index is 2.45. The molecule has 3 aromatic carbocycles. The van der Waals surface area contributed by atoms with Crippen molar-refractivity contribution >= 4 is 17.1 Å². The molecule has 0 saturated heterocycles. The smallest absolute Gasteiger partial charge is 0.0497 e. The number of anilines is 2. The second-order valence-corrected chi connectivity index (χ2v) is 7.25. The van der Waals surface area contributed by atoms with Gasteiger partial charge in [-0.25, -0.2) is 0 Å². The fraction of sp³-hybridized carbons (Fsp3) is 0.231. The number of hydrogen-bond donors (Lipinski definition) is 0. The van der Waals surface area contributed by atoms with Crippen LogP contribution in [-0.2, 0) is 13.0 Å². The monoisotopic (exact) mass is 368 g/mol. The number of para-hydroxylation sites is 2. The fourth-order valence-electron chi connectivity index (χ4n) is 3.92. The van der Waals surface area contributed by atoms with E-state index in [4.69, 9.17) is 0 Å². The standard InChI is InChI=1S/C26H28N2/c1-3-27(4-2)20-21-14-16-23(17-15-21)26-19-18-22-10-8-9-13-25(22)28(26)24-11-6-5-7-12-24/h5-17,19H,3-4,18,20H2,1-2H3. The Morgan fingerprint density at radius 1 is 0.786 bits per heavy atom. The van der Waals surface area contributed by atoms with E-state index < -0.39 is 0 Å². The summed E-state index contributed by atoms with van der Waals surface area (Å²) in [5, 5.41) is 0. The van der Waals surface area contributed by atoms with Crippen molar-refractivity contribution in [2.45, 2.75) is 26.8 Å². The molecule has 1 heterocycles. The van der Waals surface area contributed by atoms with Crippen LogP contribution in [0.15, 0.2) is 84.9 Å². The third-order valence-electron chi connectivity index (χ3n) is 5.55. The summed E-state index contributed by atoms with van der Waals surface area (Å²) in [7, 11) is 0. The largest absolute Gasteiger partial charge is 0.310 e. The van der Waals surface area contributed by atoms with Gasteiger partial charge in [0.25, 0.3) is 0 Å². The predicted molar refractivity (Wildman–Crippen MR) is 120 cm³/mol. The molecule has 1 aliphatic rings. The number of hydrogen-bond acceptors (Lipinski definition) is 2. The first-order valence-corrected chi connectivity index (χ1v) is 10.2. The zero-order valence-corrected chi connectivity index (χ0v) is 16.8. The molecule has 2 nitrogen and oxygen atoms in total. The van der Waals surface area contributed by atoms with Gasteiger partial charge in [-0.3, -0.25) is 4.90 Å². The normalized spacial score (nSPS) is 13.4. The summed E-state index contributed by atoms with van der Waals surface area (Å²) >= 11 is 0. The lowest BCUT2D eigenvalue weighted by Crippen LogP contribution is -2.22. The highest BCUT2D eigenvalue weighted by Crippen LogP contribution is 2.40. The first kappa shape index (κ1) is 18.5. The van der Waals surface area contributed by atoms with Crippen molar-refractivity contribution in [3.8, 4) is 0 Å². The van der Waals surface area contributed by atoms with Gasteiger partial charge < -0.3 is 4.90 Å². The molecule has 0 spiro atoms. The Hall–Kier alpha value is -2.84. The van der Waals surface area contributed by atoms with Crippen molar-refractivity contribution in [3.05, 3.63) is 102 Å². The van der Waals surface area contributed by atoms with Gasteiger partial charge in [0, 0.05) is 23.6 Å². The number of rotatable bonds is 6. The zero-order valence-electron chi connectivity index (χ0n) is 16.8. The third-order valence-corrected chi connectivity index (χ3v) is 5.55. The van der Waals surface area contributed by atoms with E-state index in [0.29, 0.717) is 0 Å². The summed E-state index contributed by atoms with van der Waals surface area (Å²) in [6.07, 6.45) is 3.32. The first-order chi connectivity index (χ1) is 13.8. The molecule has 0 N–H and O–H groups in total. The van der Waals surface area contributed by atoms with E-state index in [1.807, 2.05) is 0 Å². The first-order valence-electron chi connectivity index (χ1n) is 10.2.